The van der Waals surface area contributed by atoms with Gasteiger partial charge >= 0.3 is 0 Å². The van der Waals surface area contributed by atoms with Crippen LogP contribution in [0.4, 0.5) is 22.7 Å². The minimum absolute atomic E-state index is 0.00678. The largest absolute Gasteiger partial charge is 0.382 e. The van der Waals surface area contributed by atoms with Gasteiger partial charge in [0, 0.05) is 62.5 Å². The zero-order chi connectivity index (χ0) is 52.5. The molecule has 0 atom stereocenters. The first-order chi connectivity index (χ1) is 31.4. The number of anilines is 4. The topological polar surface area (TPSA) is 175 Å². The lowest BCUT2D eigenvalue weighted by molar-refractivity contribution is 0.577. The van der Waals surface area contributed by atoms with Crippen molar-refractivity contribution >= 4 is 71.6 Å². The molecule has 0 saturated heterocycles. The lowest BCUT2D eigenvalue weighted by atomic mass is 9.82. The maximum absolute atomic E-state index is 11.9. The minimum atomic E-state index is -0.0544. The van der Waals surface area contributed by atoms with E-state index in [0.717, 1.165) is 136 Å². The third-order valence-electron chi connectivity index (χ3n) is 11.6. The highest BCUT2D eigenvalue weighted by Gasteiger charge is 2.32. The van der Waals surface area contributed by atoms with Gasteiger partial charge in [-0.05, 0) is 113 Å². The third-order valence-corrected chi connectivity index (χ3v) is 13.1. The fourth-order valence-electron chi connectivity index (χ4n) is 7.92. The van der Waals surface area contributed by atoms with Crippen molar-refractivity contribution in [3.8, 4) is 0 Å². The molecule has 12 nitrogen and oxygen atoms in total. The molecule has 4 aromatic rings. The summed E-state index contributed by atoms with van der Waals surface area (Å²) in [5.74, 6) is 0. The second kappa shape index (κ2) is 28.2. The van der Waals surface area contributed by atoms with Crippen molar-refractivity contribution < 1.29 is 0 Å². The van der Waals surface area contributed by atoms with E-state index in [4.69, 9.17) is 60.3 Å². The smallest absolute Gasteiger partial charge is 0.220 e. The number of hydrogen-bond acceptors (Lipinski definition) is 16. The number of nitrogens with one attached hydrogen (secondary N) is 4. The molecule has 0 radical (unpaired) electrons. The van der Waals surface area contributed by atoms with E-state index in [9.17, 15) is 19.2 Å². The summed E-state index contributed by atoms with van der Waals surface area (Å²) in [5, 5.41) is 12.6. The standard InChI is InChI=1S/C14H24N2OS.2C13H22N2OS.C12H20N2OS/c1-14(2,3)10-11(12(17)13(10)18)16(5)9-7-6-8-15-4;1-13(2,3)9-10(11(16)12(9)17)15(4)8-6-5-7-14;1-13(2,3)9-10(11(16)12(9)17)15-8-6-5-7-14-4;1-12(2,3)8-9(10(15)11(8)16)14-7-5-4-6-13/h15H,6-9H2,1-5H3;5-8,14H2,1-4H3;14-15H,5-8H2,1-4H3;14H,4-7,13H2,1-3H3. The number of hydrogen-bond donors (Lipinski definition) is 6. The Hall–Kier alpha value is -2.96. The molecule has 4 aromatic carbocycles. The molecule has 0 aliphatic carbocycles. The summed E-state index contributed by atoms with van der Waals surface area (Å²) in [5.41, 5.74) is 18.0. The molecule has 0 unspecified atom stereocenters. The fraction of sp³-hybridized carbons (Fsp3) is 0.692. The Kier molecular flexibility index (Phi) is 26.1. The van der Waals surface area contributed by atoms with E-state index >= 15 is 0 Å². The molecule has 0 spiro atoms. The maximum Gasteiger partial charge on any atom is 0.220 e. The number of unbranched alkanes of at least 4 members (excludes halogenated alkanes) is 4. The summed E-state index contributed by atoms with van der Waals surface area (Å²) in [7, 11) is 7.84. The van der Waals surface area contributed by atoms with E-state index in [-0.39, 0.29) is 43.4 Å². The molecule has 0 aromatic heterocycles. The van der Waals surface area contributed by atoms with Gasteiger partial charge in [-0.15, -0.1) is 0 Å². The van der Waals surface area contributed by atoms with Crippen molar-refractivity contribution in [2.45, 2.75) is 156 Å². The Bertz CT molecular complexity index is 2470. The molecule has 16 heteroatoms. The van der Waals surface area contributed by atoms with Crippen molar-refractivity contribution in [2.75, 3.05) is 101 Å². The zero-order valence-corrected chi connectivity index (χ0v) is 47.9. The van der Waals surface area contributed by atoms with Gasteiger partial charge in [-0.3, -0.25) is 19.2 Å². The molecule has 0 fully saturated rings. The predicted octanol–water partition coefficient (Wildman–Crippen LogP) is 8.97. The van der Waals surface area contributed by atoms with Crippen LogP contribution in [0.5, 0.6) is 0 Å². The van der Waals surface area contributed by atoms with E-state index < -0.39 is 0 Å². The Balaban J connectivity index is 0.000000454. The van der Waals surface area contributed by atoms with Gasteiger partial charge in [0.25, 0.3) is 0 Å². The number of nitrogens with zero attached hydrogens (tertiary/aromatic N) is 2. The van der Waals surface area contributed by atoms with Crippen LogP contribution in [0, 0.1) is 18.0 Å². The second-order valence-corrected chi connectivity index (χ2v) is 23.5. The Labute approximate surface area is 429 Å². The van der Waals surface area contributed by atoms with Crippen LogP contribution in [0.15, 0.2) is 19.2 Å². The number of nitrogens with two attached hydrogens (primary N) is 2. The van der Waals surface area contributed by atoms with E-state index in [1.54, 1.807) is 0 Å². The molecule has 0 amide bonds. The molecule has 0 aliphatic rings. The molecule has 68 heavy (non-hydrogen) atoms. The quantitative estimate of drug-likeness (QED) is 0.0325. The summed E-state index contributed by atoms with van der Waals surface area (Å²) < 4.78 is 2.04. The van der Waals surface area contributed by atoms with Crippen LogP contribution in [0.2, 0.25) is 0 Å². The monoisotopic (exact) mass is 1020 g/mol. The second-order valence-electron chi connectivity index (χ2n) is 21.9. The molecule has 384 valence electrons. The lowest BCUT2D eigenvalue weighted by Gasteiger charge is -2.30. The summed E-state index contributed by atoms with van der Waals surface area (Å²) >= 11 is 20.5. The SMILES string of the molecule is CC(C)(C)c1c(NCCCCN)c(=O)c1=S.CN(CCCCN)c1c(C(C)(C)C)c(=S)c1=O.CNCCCCN(C)c1c(C(C)(C)C)c(=S)c1=O.CNCCCCNc1c(C(C)(C)C)c(=S)c1=O. The summed E-state index contributed by atoms with van der Waals surface area (Å²) in [4.78, 5) is 51.1. The van der Waals surface area contributed by atoms with Crippen LogP contribution < -0.4 is 64.2 Å². The van der Waals surface area contributed by atoms with Gasteiger partial charge in [-0.1, -0.05) is 132 Å². The van der Waals surface area contributed by atoms with Crippen molar-refractivity contribution in [3.63, 3.8) is 0 Å². The fourth-order valence-corrected chi connectivity index (χ4v) is 9.94. The average molecular weight is 1020 g/mol. The molecule has 0 heterocycles. The highest BCUT2D eigenvalue weighted by Crippen LogP contribution is 2.35. The van der Waals surface area contributed by atoms with Crippen molar-refractivity contribution in [1.82, 2.24) is 10.6 Å². The van der Waals surface area contributed by atoms with Crippen LogP contribution >= 0.6 is 48.9 Å². The van der Waals surface area contributed by atoms with Gasteiger partial charge in [0.2, 0.25) is 21.7 Å². The molecule has 8 N–H and O–H groups in total. The first-order valence-corrected chi connectivity index (χ1v) is 26.0. The van der Waals surface area contributed by atoms with Crippen LogP contribution in [0.25, 0.3) is 0 Å². The highest BCUT2D eigenvalue weighted by molar-refractivity contribution is 7.72. The van der Waals surface area contributed by atoms with Gasteiger partial charge in [0.1, 0.15) is 0 Å². The normalized spacial score (nSPS) is 12.0. The van der Waals surface area contributed by atoms with E-state index in [1.807, 2.05) is 33.1 Å². The van der Waals surface area contributed by atoms with Crippen molar-refractivity contribution in [3.05, 3.63) is 81.2 Å². The zero-order valence-electron chi connectivity index (χ0n) is 44.6. The van der Waals surface area contributed by atoms with E-state index in [2.05, 4.69) is 109 Å². The van der Waals surface area contributed by atoms with Gasteiger partial charge in [-0.25, -0.2) is 0 Å². The highest BCUT2D eigenvalue weighted by atomic mass is 32.1. The number of rotatable bonds is 22. The summed E-state index contributed by atoms with van der Waals surface area (Å²) in [6.07, 6.45) is 8.33. The average Bonchev–Trinajstić information content (AvgIpc) is 3.24. The van der Waals surface area contributed by atoms with Crippen LogP contribution in [0.1, 0.15) is 157 Å². The molecule has 0 bridgehead atoms. The van der Waals surface area contributed by atoms with Crippen molar-refractivity contribution in [2.24, 2.45) is 11.5 Å². The molecular formula is C52H88N8O4S4. The third kappa shape index (κ3) is 17.7. The first-order valence-electron chi connectivity index (χ1n) is 24.3. The van der Waals surface area contributed by atoms with Crippen LogP contribution in [-0.4, -0.2) is 80.5 Å². The molecule has 4 rings (SSSR count). The predicted molar refractivity (Wildman–Crippen MR) is 305 cm³/mol. The minimum Gasteiger partial charge on any atom is -0.382 e. The summed E-state index contributed by atoms with van der Waals surface area (Å²) in [6.45, 7) is 31.9. The Morgan fingerprint density at radius 3 is 0.985 bits per heavy atom. The Morgan fingerprint density at radius 2 is 0.676 bits per heavy atom. The van der Waals surface area contributed by atoms with Gasteiger partial charge < -0.3 is 42.5 Å². The van der Waals surface area contributed by atoms with Gasteiger partial charge in [0.05, 0.1) is 40.8 Å². The lowest BCUT2D eigenvalue weighted by Crippen LogP contribution is -2.35. The molecule has 0 saturated carbocycles. The van der Waals surface area contributed by atoms with Crippen LogP contribution in [-0.2, 0) is 21.7 Å². The molecular weight excluding hydrogens is 929 g/mol. The van der Waals surface area contributed by atoms with Gasteiger partial charge in [-0.2, -0.15) is 0 Å². The molecule has 0 aliphatic heterocycles. The first kappa shape index (κ1) is 63.1. The van der Waals surface area contributed by atoms with E-state index in [1.165, 1.54) is 0 Å². The van der Waals surface area contributed by atoms with Crippen LogP contribution in [0.3, 0.4) is 0 Å². The summed E-state index contributed by atoms with van der Waals surface area (Å²) in [6, 6.07) is 0. The maximum atomic E-state index is 11.9. The van der Waals surface area contributed by atoms with Crippen molar-refractivity contribution in [1.29, 1.82) is 0 Å². The Morgan fingerprint density at radius 1 is 0.412 bits per heavy atom. The van der Waals surface area contributed by atoms with E-state index in [0.29, 0.717) is 31.1 Å². The van der Waals surface area contributed by atoms with Gasteiger partial charge in [0.15, 0.2) is 0 Å².